The zero-order valence-electron chi connectivity index (χ0n) is 19.3. The monoisotopic (exact) mass is 433 g/mol. The first kappa shape index (κ1) is 19.3. The molecule has 0 radical (unpaired) electrons. The van der Waals surface area contributed by atoms with Crippen LogP contribution in [0.15, 0.2) is 103 Å². The van der Waals surface area contributed by atoms with E-state index in [0.29, 0.717) is 0 Å². The third-order valence-electron chi connectivity index (χ3n) is 7.33. The lowest BCUT2D eigenvalue weighted by molar-refractivity contribution is 1.24. The van der Waals surface area contributed by atoms with Gasteiger partial charge in [0, 0.05) is 17.3 Å². The molecular formula is C33H23N. The highest BCUT2D eigenvalue weighted by molar-refractivity contribution is 6.28. The molecule has 0 atom stereocenters. The number of pyridine rings is 1. The third-order valence-corrected chi connectivity index (χ3v) is 7.33. The summed E-state index contributed by atoms with van der Waals surface area (Å²) >= 11 is 0. The van der Waals surface area contributed by atoms with Gasteiger partial charge in [-0.25, -0.2) is 0 Å². The molecule has 0 bridgehead atoms. The van der Waals surface area contributed by atoms with E-state index in [4.69, 9.17) is 4.98 Å². The van der Waals surface area contributed by atoms with Gasteiger partial charge in [-0.15, -0.1) is 0 Å². The van der Waals surface area contributed by atoms with Crippen molar-refractivity contribution >= 4 is 21.5 Å². The minimum absolute atomic E-state index is 1.07. The Bertz CT molecular complexity index is 1750. The average Bonchev–Trinajstić information content (AvgIpc) is 3.21. The molecule has 0 amide bonds. The van der Waals surface area contributed by atoms with Crippen LogP contribution >= 0.6 is 0 Å². The fraction of sp³-hybridized carbons (Fsp3) is 0.0606. The van der Waals surface area contributed by atoms with Crippen molar-refractivity contribution in [2.45, 2.75) is 13.8 Å². The largest absolute Gasteiger partial charge is 0.261 e. The van der Waals surface area contributed by atoms with Gasteiger partial charge in [-0.2, -0.15) is 0 Å². The lowest BCUT2D eigenvalue weighted by atomic mass is 9.82. The van der Waals surface area contributed by atoms with Gasteiger partial charge in [0.2, 0.25) is 0 Å². The van der Waals surface area contributed by atoms with E-state index in [1.807, 2.05) is 6.20 Å². The number of benzene rings is 5. The summed E-state index contributed by atoms with van der Waals surface area (Å²) in [5.41, 5.74) is 12.8. The van der Waals surface area contributed by atoms with E-state index < -0.39 is 0 Å². The number of hydrogen-bond donors (Lipinski definition) is 0. The van der Waals surface area contributed by atoms with Gasteiger partial charge in [-0.3, -0.25) is 4.98 Å². The molecule has 0 saturated carbocycles. The van der Waals surface area contributed by atoms with Crippen LogP contribution in [0.2, 0.25) is 0 Å². The van der Waals surface area contributed by atoms with Gasteiger partial charge in [0.15, 0.2) is 0 Å². The fourth-order valence-corrected chi connectivity index (χ4v) is 5.91. The second-order valence-electron chi connectivity index (χ2n) is 9.21. The highest BCUT2D eigenvalue weighted by atomic mass is 14.7. The van der Waals surface area contributed by atoms with Crippen molar-refractivity contribution in [1.82, 2.24) is 4.98 Å². The summed E-state index contributed by atoms with van der Waals surface area (Å²) in [6.45, 7) is 4.36. The minimum Gasteiger partial charge on any atom is -0.261 e. The molecule has 160 valence electrons. The highest BCUT2D eigenvalue weighted by Crippen LogP contribution is 2.58. The van der Waals surface area contributed by atoms with Crippen LogP contribution in [0.1, 0.15) is 11.3 Å². The van der Waals surface area contributed by atoms with E-state index in [2.05, 4.69) is 111 Å². The lowest BCUT2D eigenvalue weighted by Crippen LogP contribution is -1.96. The zero-order chi connectivity index (χ0) is 22.8. The van der Waals surface area contributed by atoms with Gasteiger partial charge in [0.05, 0.1) is 0 Å². The molecule has 1 heterocycles. The van der Waals surface area contributed by atoms with Crippen LogP contribution in [-0.2, 0) is 0 Å². The van der Waals surface area contributed by atoms with Crippen molar-refractivity contribution in [3.63, 3.8) is 0 Å². The Hall–Kier alpha value is -4.23. The highest BCUT2D eigenvalue weighted by Gasteiger charge is 2.31. The molecule has 1 aromatic heterocycles. The van der Waals surface area contributed by atoms with E-state index in [1.165, 1.54) is 71.6 Å². The van der Waals surface area contributed by atoms with E-state index in [1.54, 1.807) is 0 Å². The van der Waals surface area contributed by atoms with Crippen molar-refractivity contribution in [2.75, 3.05) is 0 Å². The first-order chi connectivity index (χ1) is 16.7. The predicted octanol–water partition coefficient (Wildman–Crippen LogP) is 8.99. The van der Waals surface area contributed by atoms with Crippen molar-refractivity contribution in [3.05, 3.63) is 115 Å². The Balaban J connectivity index is 1.80. The molecule has 0 N–H and O–H groups in total. The topological polar surface area (TPSA) is 12.9 Å². The molecule has 1 nitrogen and oxygen atoms in total. The Labute approximate surface area is 199 Å². The summed E-state index contributed by atoms with van der Waals surface area (Å²) in [7, 11) is 0. The Kier molecular flexibility index (Phi) is 4.04. The molecule has 0 saturated heterocycles. The van der Waals surface area contributed by atoms with Crippen LogP contribution in [0.4, 0.5) is 0 Å². The maximum atomic E-state index is 4.77. The molecule has 0 fully saturated rings. The summed E-state index contributed by atoms with van der Waals surface area (Å²) < 4.78 is 0. The second-order valence-corrected chi connectivity index (χ2v) is 9.21. The number of aryl methyl sites for hydroxylation is 2. The van der Waals surface area contributed by atoms with Gasteiger partial charge in [0.25, 0.3) is 0 Å². The van der Waals surface area contributed by atoms with Gasteiger partial charge < -0.3 is 0 Å². The lowest BCUT2D eigenvalue weighted by Gasteiger charge is -2.21. The van der Waals surface area contributed by atoms with Crippen LogP contribution in [0.25, 0.3) is 66.1 Å². The van der Waals surface area contributed by atoms with Gasteiger partial charge in [0.1, 0.15) is 0 Å². The quantitative estimate of drug-likeness (QED) is 0.265. The maximum Gasteiger partial charge on any atom is 0.0457 e. The van der Waals surface area contributed by atoms with E-state index >= 15 is 0 Å². The van der Waals surface area contributed by atoms with Crippen LogP contribution in [0.3, 0.4) is 0 Å². The summed E-state index contributed by atoms with van der Waals surface area (Å²) in [5, 5.41) is 5.21. The molecular weight excluding hydrogens is 410 g/mol. The molecule has 1 aliphatic carbocycles. The average molecular weight is 434 g/mol. The second kappa shape index (κ2) is 7.13. The van der Waals surface area contributed by atoms with Crippen molar-refractivity contribution in [2.24, 2.45) is 0 Å². The smallest absolute Gasteiger partial charge is 0.0457 e. The Morgan fingerprint density at radius 2 is 1.12 bits per heavy atom. The molecule has 5 aromatic carbocycles. The van der Waals surface area contributed by atoms with E-state index in [-0.39, 0.29) is 0 Å². The number of aromatic nitrogens is 1. The molecule has 1 heteroatoms. The van der Waals surface area contributed by atoms with Crippen LogP contribution in [0, 0.1) is 13.8 Å². The standard InChI is InChI=1S/C33H23N/c1-20-16-17-26-31-24(20)14-9-15-25(31)33-30(23-12-7-4-8-13-23)28-21(2)34-19-18-27(28)29(32(26)33)22-10-5-3-6-11-22/h3-19H,1-2H3. The molecule has 0 spiro atoms. The maximum absolute atomic E-state index is 4.77. The number of hydrogen-bond acceptors (Lipinski definition) is 1. The molecule has 0 aliphatic heterocycles. The third kappa shape index (κ3) is 2.53. The first-order valence-electron chi connectivity index (χ1n) is 11.8. The number of fused-ring (bicyclic) bond motifs is 4. The predicted molar refractivity (Wildman–Crippen MR) is 144 cm³/mol. The summed E-state index contributed by atoms with van der Waals surface area (Å²) in [6, 6.07) is 35.3. The Morgan fingerprint density at radius 1 is 0.471 bits per heavy atom. The number of rotatable bonds is 2. The molecule has 7 rings (SSSR count). The van der Waals surface area contributed by atoms with E-state index in [0.717, 1.165) is 5.69 Å². The van der Waals surface area contributed by atoms with Crippen LogP contribution < -0.4 is 0 Å². The fourth-order valence-electron chi connectivity index (χ4n) is 5.91. The zero-order valence-corrected chi connectivity index (χ0v) is 19.3. The summed E-state index contributed by atoms with van der Waals surface area (Å²) in [4.78, 5) is 4.77. The van der Waals surface area contributed by atoms with Gasteiger partial charge in [-0.05, 0) is 86.1 Å². The summed E-state index contributed by atoms with van der Waals surface area (Å²) in [5.74, 6) is 0. The van der Waals surface area contributed by atoms with E-state index in [9.17, 15) is 0 Å². The van der Waals surface area contributed by atoms with Crippen molar-refractivity contribution in [3.8, 4) is 44.5 Å². The molecule has 6 aromatic rings. The SMILES string of the molecule is Cc1ccc2c3c(cccc13)-c1c-2c(-c2ccccc2)c2ccnc(C)c2c1-c1ccccc1. The molecule has 1 aliphatic rings. The normalized spacial score (nSPS) is 11.8. The molecule has 34 heavy (non-hydrogen) atoms. The van der Waals surface area contributed by atoms with Crippen LogP contribution in [0.5, 0.6) is 0 Å². The van der Waals surface area contributed by atoms with Gasteiger partial charge >= 0.3 is 0 Å². The van der Waals surface area contributed by atoms with Crippen molar-refractivity contribution < 1.29 is 0 Å². The van der Waals surface area contributed by atoms with Crippen molar-refractivity contribution in [1.29, 1.82) is 0 Å². The van der Waals surface area contributed by atoms with Crippen LogP contribution in [-0.4, -0.2) is 4.98 Å². The van der Waals surface area contributed by atoms with Gasteiger partial charge in [-0.1, -0.05) is 91.0 Å². The molecule has 0 unspecified atom stereocenters. The first-order valence-corrected chi connectivity index (χ1v) is 11.8. The summed E-state index contributed by atoms with van der Waals surface area (Å²) in [6.07, 6.45) is 1.96. The Morgan fingerprint density at radius 3 is 1.85 bits per heavy atom. The minimum atomic E-state index is 1.07. The number of nitrogens with zero attached hydrogens (tertiary/aromatic N) is 1.